The van der Waals surface area contributed by atoms with Crippen molar-refractivity contribution in [2.45, 2.75) is 108 Å². The largest absolute Gasteiger partial charge is 0.494 e. The summed E-state index contributed by atoms with van der Waals surface area (Å²) >= 11 is 0. The zero-order chi connectivity index (χ0) is 27.2. The molecule has 8 heteroatoms. The Morgan fingerprint density at radius 3 is 2.31 bits per heavy atom. The Labute approximate surface area is 230 Å². The van der Waals surface area contributed by atoms with Crippen molar-refractivity contribution in [1.82, 2.24) is 20.6 Å². The number of hydrogen-bond donors (Lipinski definition) is 3. The van der Waals surface area contributed by atoms with E-state index >= 15 is 0 Å². The second-order valence-electron chi connectivity index (χ2n) is 14.5. The SMILES string of the molecule is COc1ccc(C(=O)NC23CC4CC(CC(NC(=O)OC(C)(C)C)(C4)C2)C3)c2nc(C3CC4CCC3C4)[nH]c12. The van der Waals surface area contributed by atoms with Crippen LogP contribution in [0.2, 0.25) is 0 Å². The highest BCUT2D eigenvalue weighted by Crippen LogP contribution is 2.58. The summed E-state index contributed by atoms with van der Waals surface area (Å²) < 4.78 is 11.3. The fourth-order valence-corrected chi connectivity index (χ4v) is 9.58. The third kappa shape index (κ3) is 4.38. The smallest absolute Gasteiger partial charge is 0.408 e. The van der Waals surface area contributed by atoms with Crippen LogP contribution in [-0.4, -0.2) is 45.8 Å². The lowest BCUT2D eigenvalue weighted by molar-refractivity contribution is -0.0509. The van der Waals surface area contributed by atoms with Gasteiger partial charge < -0.3 is 25.1 Å². The number of carbonyl (C=O) groups is 2. The van der Waals surface area contributed by atoms with E-state index in [-0.39, 0.29) is 23.1 Å². The van der Waals surface area contributed by atoms with Crippen LogP contribution in [0.3, 0.4) is 0 Å². The van der Waals surface area contributed by atoms with Gasteiger partial charge in [0.15, 0.2) is 0 Å². The number of fused-ring (bicyclic) bond motifs is 3. The third-order valence-electron chi connectivity index (χ3n) is 10.4. The molecule has 1 aromatic heterocycles. The van der Waals surface area contributed by atoms with E-state index in [0.717, 1.165) is 55.1 Å². The molecule has 1 aromatic carbocycles. The quantitative estimate of drug-likeness (QED) is 0.448. The summed E-state index contributed by atoms with van der Waals surface area (Å²) in [4.78, 5) is 35.4. The lowest BCUT2D eigenvalue weighted by atomic mass is 9.50. The van der Waals surface area contributed by atoms with Crippen LogP contribution in [0, 0.1) is 23.7 Å². The molecule has 0 radical (unpaired) electrons. The van der Waals surface area contributed by atoms with Crippen LogP contribution >= 0.6 is 0 Å². The number of aromatic nitrogens is 2. The standard InChI is InChI=1S/C31H42N4O4/c1-29(2,3)39-28(37)35-31-14-18-9-19(15-31)13-30(12-18,16-31)34-27(36)21-7-8-23(38-4)25-24(21)32-26(33-25)22-11-17-5-6-20(22)10-17/h7-8,17-20,22H,5-6,9-16H2,1-4H3,(H,32,33)(H,34,36)(H,35,37). The Morgan fingerprint density at radius 1 is 0.974 bits per heavy atom. The number of alkyl carbamates (subject to hydrolysis) is 1. The zero-order valence-corrected chi connectivity index (χ0v) is 23.7. The molecule has 8 rings (SSSR count). The average molecular weight is 535 g/mol. The minimum Gasteiger partial charge on any atom is -0.494 e. The molecule has 6 bridgehead atoms. The van der Waals surface area contributed by atoms with Gasteiger partial charge in [-0.3, -0.25) is 4.79 Å². The molecule has 39 heavy (non-hydrogen) atoms. The van der Waals surface area contributed by atoms with Gasteiger partial charge in [0.2, 0.25) is 0 Å². The van der Waals surface area contributed by atoms with Crippen molar-refractivity contribution in [2.75, 3.05) is 7.11 Å². The zero-order valence-electron chi connectivity index (χ0n) is 23.7. The fraction of sp³-hybridized carbons (Fsp3) is 0.710. The van der Waals surface area contributed by atoms with Gasteiger partial charge in [0.05, 0.1) is 12.7 Å². The van der Waals surface area contributed by atoms with Gasteiger partial charge in [0, 0.05) is 17.0 Å². The highest BCUT2D eigenvalue weighted by molar-refractivity contribution is 6.06. The molecule has 0 aliphatic heterocycles. The van der Waals surface area contributed by atoms with E-state index in [2.05, 4.69) is 15.6 Å². The Bertz CT molecular complexity index is 1310. The summed E-state index contributed by atoms with van der Waals surface area (Å²) in [6.07, 6.45) is 10.5. The van der Waals surface area contributed by atoms with Crippen LogP contribution in [0.5, 0.6) is 5.75 Å². The molecule has 6 aliphatic carbocycles. The summed E-state index contributed by atoms with van der Waals surface area (Å²) in [6, 6.07) is 3.74. The lowest BCUT2D eigenvalue weighted by Gasteiger charge is -2.62. The van der Waals surface area contributed by atoms with Crippen LogP contribution < -0.4 is 15.4 Å². The minimum absolute atomic E-state index is 0.0805. The van der Waals surface area contributed by atoms with Gasteiger partial charge in [-0.05, 0) is 114 Å². The summed E-state index contributed by atoms with van der Waals surface area (Å²) in [7, 11) is 1.67. The number of rotatable bonds is 5. The van der Waals surface area contributed by atoms with Crippen molar-refractivity contribution in [3.05, 3.63) is 23.5 Å². The highest BCUT2D eigenvalue weighted by Gasteiger charge is 2.59. The number of nitrogens with one attached hydrogen (secondary N) is 3. The predicted molar refractivity (Wildman–Crippen MR) is 148 cm³/mol. The van der Waals surface area contributed by atoms with Gasteiger partial charge in [0.1, 0.15) is 28.2 Å². The van der Waals surface area contributed by atoms with Crippen LogP contribution in [-0.2, 0) is 4.74 Å². The number of hydrogen-bond acceptors (Lipinski definition) is 5. The van der Waals surface area contributed by atoms with E-state index in [9.17, 15) is 9.59 Å². The molecule has 6 aliphatic rings. The number of carbonyl (C=O) groups excluding carboxylic acids is 2. The summed E-state index contributed by atoms with van der Waals surface area (Å²) in [5, 5.41) is 6.76. The van der Waals surface area contributed by atoms with Crippen molar-refractivity contribution < 1.29 is 19.1 Å². The number of benzene rings is 1. The van der Waals surface area contributed by atoms with Crippen LogP contribution in [0.4, 0.5) is 4.79 Å². The van der Waals surface area contributed by atoms with Crippen molar-refractivity contribution in [3.63, 3.8) is 0 Å². The van der Waals surface area contributed by atoms with Crippen molar-refractivity contribution in [2.24, 2.45) is 23.7 Å². The van der Waals surface area contributed by atoms with Crippen LogP contribution in [0.25, 0.3) is 11.0 Å². The first kappa shape index (κ1) is 25.2. The Hall–Kier alpha value is -2.77. The van der Waals surface area contributed by atoms with E-state index in [4.69, 9.17) is 14.5 Å². The molecule has 210 valence electrons. The number of nitrogens with zero attached hydrogens (tertiary/aromatic N) is 1. The van der Waals surface area contributed by atoms with Crippen molar-refractivity contribution >= 4 is 23.0 Å². The van der Waals surface area contributed by atoms with Crippen LogP contribution in [0.1, 0.15) is 107 Å². The maximum Gasteiger partial charge on any atom is 0.408 e. The number of aromatic amines is 1. The Morgan fingerprint density at radius 2 is 1.69 bits per heavy atom. The van der Waals surface area contributed by atoms with Gasteiger partial charge in [-0.25, -0.2) is 9.78 Å². The van der Waals surface area contributed by atoms with E-state index in [1.54, 1.807) is 7.11 Å². The number of ether oxygens (including phenoxy) is 2. The maximum atomic E-state index is 14.0. The highest BCUT2D eigenvalue weighted by atomic mass is 16.6. The summed E-state index contributed by atoms with van der Waals surface area (Å²) in [5.41, 5.74) is 0.926. The normalized spacial score (nSPS) is 36.4. The number of H-pyrrole nitrogens is 1. The minimum atomic E-state index is -0.543. The summed E-state index contributed by atoms with van der Waals surface area (Å²) in [6.45, 7) is 5.67. The molecular weight excluding hydrogens is 492 g/mol. The van der Waals surface area contributed by atoms with E-state index in [1.807, 2.05) is 32.9 Å². The molecule has 1 heterocycles. The van der Waals surface area contributed by atoms with Gasteiger partial charge in [-0.15, -0.1) is 0 Å². The number of methoxy groups -OCH3 is 1. The number of imidazole rings is 1. The fourth-order valence-electron chi connectivity index (χ4n) is 9.58. The first-order valence-corrected chi connectivity index (χ1v) is 14.9. The second-order valence-corrected chi connectivity index (χ2v) is 14.5. The molecule has 6 fully saturated rings. The van der Waals surface area contributed by atoms with Gasteiger partial charge >= 0.3 is 6.09 Å². The maximum absolute atomic E-state index is 14.0. The van der Waals surface area contributed by atoms with Gasteiger partial charge in [0.25, 0.3) is 5.91 Å². The van der Waals surface area contributed by atoms with Gasteiger partial charge in [-0.2, -0.15) is 0 Å². The Kier molecular flexibility index (Phi) is 5.57. The van der Waals surface area contributed by atoms with Crippen molar-refractivity contribution in [3.8, 4) is 5.75 Å². The molecule has 0 spiro atoms. The Balaban J connectivity index is 1.16. The molecule has 2 aromatic rings. The molecule has 3 N–H and O–H groups in total. The number of amides is 2. The van der Waals surface area contributed by atoms with Gasteiger partial charge in [-0.1, -0.05) is 6.42 Å². The molecule has 5 unspecified atom stereocenters. The van der Waals surface area contributed by atoms with Crippen molar-refractivity contribution in [1.29, 1.82) is 0 Å². The lowest BCUT2D eigenvalue weighted by Crippen LogP contribution is -2.70. The second kappa shape index (κ2) is 8.61. The molecule has 2 amide bonds. The topological polar surface area (TPSA) is 105 Å². The first-order valence-electron chi connectivity index (χ1n) is 14.9. The van der Waals surface area contributed by atoms with E-state index < -0.39 is 5.60 Å². The average Bonchev–Trinajstić information content (AvgIpc) is 3.56. The molecule has 8 nitrogen and oxygen atoms in total. The molecular formula is C31H42N4O4. The van der Waals surface area contributed by atoms with Crippen LogP contribution in [0.15, 0.2) is 12.1 Å². The summed E-state index contributed by atoms with van der Waals surface area (Å²) in [5.74, 6) is 4.58. The molecule has 6 saturated carbocycles. The first-order chi connectivity index (χ1) is 18.5. The predicted octanol–water partition coefficient (Wildman–Crippen LogP) is 5.82. The monoisotopic (exact) mass is 534 g/mol. The molecule has 0 saturated heterocycles. The third-order valence-corrected chi connectivity index (χ3v) is 10.4. The van der Waals surface area contributed by atoms with E-state index in [0.29, 0.717) is 34.8 Å². The molecule has 5 atom stereocenters. The van der Waals surface area contributed by atoms with E-state index in [1.165, 1.54) is 32.1 Å².